The average molecular weight is 375 g/mol. The van der Waals surface area contributed by atoms with Gasteiger partial charge in [0, 0.05) is 38.5 Å². The first-order chi connectivity index (χ1) is 11.4. The maximum atomic E-state index is 12.1. The van der Waals surface area contributed by atoms with Crippen molar-refractivity contribution in [2.45, 2.75) is 45.6 Å². The first-order valence-electron chi connectivity index (χ1n) is 8.69. The van der Waals surface area contributed by atoms with Crippen LogP contribution in [0.4, 0.5) is 4.79 Å². The van der Waals surface area contributed by atoms with Crippen LogP contribution in [0.15, 0.2) is 0 Å². The second kappa shape index (κ2) is 7.49. The van der Waals surface area contributed by atoms with Gasteiger partial charge >= 0.3 is 6.09 Å². The highest BCUT2D eigenvalue weighted by molar-refractivity contribution is 7.89. The van der Waals surface area contributed by atoms with E-state index in [-0.39, 0.29) is 30.1 Å². The van der Waals surface area contributed by atoms with E-state index < -0.39 is 15.6 Å². The van der Waals surface area contributed by atoms with Crippen LogP contribution in [0.5, 0.6) is 0 Å². The zero-order chi connectivity index (χ0) is 18.8. The van der Waals surface area contributed by atoms with Crippen LogP contribution < -0.4 is 5.14 Å². The fourth-order valence-electron chi connectivity index (χ4n) is 3.41. The zero-order valence-electron chi connectivity index (χ0n) is 15.2. The van der Waals surface area contributed by atoms with Gasteiger partial charge in [-0.05, 0) is 39.5 Å². The molecule has 2 N–H and O–H groups in total. The molecule has 25 heavy (non-hydrogen) atoms. The van der Waals surface area contributed by atoms with Crippen molar-refractivity contribution in [2.24, 2.45) is 17.0 Å². The Morgan fingerprint density at radius 1 is 1.24 bits per heavy atom. The molecule has 144 valence electrons. The molecule has 2 rings (SSSR count). The van der Waals surface area contributed by atoms with Gasteiger partial charge in [-0.2, -0.15) is 0 Å². The van der Waals surface area contributed by atoms with E-state index in [1.54, 1.807) is 9.80 Å². The highest BCUT2D eigenvalue weighted by Gasteiger charge is 2.34. The largest absolute Gasteiger partial charge is 0.444 e. The van der Waals surface area contributed by atoms with Crippen LogP contribution in [0.2, 0.25) is 0 Å². The molecule has 0 spiro atoms. The summed E-state index contributed by atoms with van der Waals surface area (Å²) < 4.78 is 27.8. The number of ether oxygens (including phenoxy) is 1. The Balaban J connectivity index is 1.78. The maximum Gasteiger partial charge on any atom is 0.410 e. The number of primary sulfonamides is 1. The number of hydrogen-bond acceptors (Lipinski definition) is 5. The minimum atomic E-state index is -3.56. The Morgan fingerprint density at radius 2 is 1.84 bits per heavy atom. The summed E-state index contributed by atoms with van der Waals surface area (Å²) in [6.07, 6.45) is 1.57. The third kappa shape index (κ3) is 6.47. The first kappa shape index (κ1) is 20.0. The first-order valence-corrected chi connectivity index (χ1v) is 10.4. The number of hydrogen-bond donors (Lipinski definition) is 1. The topological polar surface area (TPSA) is 110 Å². The number of likely N-dealkylation sites (tertiary alicyclic amines) is 2. The summed E-state index contributed by atoms with van der Waals surface area (Å²) in [4.78, 5) is 27.6. The Labute approximate surface area is 149 Å². The Morgan fingerprint density at radius 3 is 2.36 bits per heavy atom. The van der Waals surface area contributed by atoms with E-state index in [0.29, 0.717) is 32.1 Å². The predicted octanol–water partition coefficient (Wildman–Crippen LogP) is 0.771. The molecule has 1 atom stereocenters. The Bertz CT molecular complexity index is 606. The van der Waals surface area contributed by atoms with Gasteiger partial charge in [0.25, 0.3) is 0 Å². The van der Waals surface area contributed by atoms with Crippen molar-refractivity contribution in [2.75, 3.05) is 31.9 Å². The highest BCUT2D eigenvalue weighted by atomic mass is 32.2. The van der Waals surface area contributed by atoms with Crippen molar-refractivity contribution in [3.05, 3.63) is 0 Å². The van der Waals surface area contributed by atoms with E-state index >= 15 is 0 Å². The van der Waals surface area contributed by atoms with Gasteiger partial charge in [0.05, 0.1) is 5.75 Å². The molecular weight excluding hydrogens is 346 g/mol. The van der Waals surface area contributed by atoms with Gasteiger partial charge in [-0.15, -0.1) is 0 Å². The van der Waals surface area contributed by atoms with E-state index in [0.717, 1.165) is 12.8 Å². The van der Waals surface area contributed by atoms with Gasteiger partial charge in [0.1, 0.15) is 5.60 Å². The molecule has 9 heteroatoms. The van der Waals surface area contributed by atoms with Crippen LogP contribution in [0, 0.1) is 11.8 Å². The summed E-state index contributed by atoms with van der Waals surface area (Å²) in [6.45, 7) is 7.81. The van der Waals surface area contributed by atoms with E-state index in [1.165, 1.54) is 0 Å². The third-order valence-electron chi connectivity index (χ3n) is 4.51. The Hall–Kier alpha value is -1.35. The summed E-state index contributed by atoms with van der Waals surface area (Å²) in [6, 6.07) is 0. The monoisotopic (exact) mass is 375 g/mol. The van der Waals surface area contributed by atoms with E-state index in [2.05, 4.69) is 0 Å². The molecule has 0 radical (unpaired) electrons. The normalized spacial score (nSPS) is 23.2. The van der Waals surface area contributed by atoms with Crippen molar-refractivity contribution in [3.63, 3.8) is 0 Å². The molecule has 0 aromatic heterocycles. The fraction of sp³-hybridized carbons (Fsp3) is 0.875. The number of amides is 2. The van der Waals surface area contributed by atoms with Crippen LogP contribution in [-0.2, 0) is 19.6 Å². The molecule has 2 aliphatic heterocycles. The molecule has 2 fully saturated rings. The summed E-state index contributed by atoms with van der Waals surface area (Å²) in [5.41, 5.74) is -0.506. The fourth-order valence-corrected chi connectivity index (χ4v) is 4.29. The van der Waals surface area contributed by atoms with Crippen LogP contribution in [0.25, 0.3) is 0 Å². The third-order valence-corrected chi connectivity index (χ3v) is 5.44. The van der Waals surface area contributed by atoms with Crippen LogP contribution in [0.1, 0.15) is 40.0 Å². The molecule has 2 heterocycles. The molecule has 1 unspecified atom stereocenters. The average Bonchev–Trinajstić information content (AvgIpc) is 2.75. The van der Waals surface area contributed by atoms with Crippen molar-refractivity contribution >= 4 is 22.0 Å². The molecular formula is C16H29N3O5S. The number of carbonyl (C=O) groups is 2. The molecule has 2 aliphatic rings. The standard InChI is InChI=1S/C16H29N3O5S/c1-16(2,3)24-15(21)18-6-4-12(5-7-18)9-19-10-13(8-14(19)20)11-25(17,22)23/h12-13H,4-11H2,1-3H3,(H2,17,22,23). The lowest BCUT2D eigenvalue weighted by Crippen LogP contribution is -2.44. The molecule has 0 aliphatic carbocycles. The van der Waals surface area contributed by atoms with Gasteiger partial charge in [-0.1, -0.05) is 0 Å². The number of piperidine rings is 1. The molecule has 2 amide bonds. The summed E-state index contributed by atoms with van der Waals surface area (Å²) in [5.74, 6) is -0.0600. The number of nitrogens with two attached hydrogens (primary N) is 1. The molecule has 8 nitrogen and oxygen atoms in total. The molecule has 0 aromatic carbocycles. The van der Waals surface area contributed by atoms with E-state index in [4.69, 9.17) is 9.88 Å². The van der Waals surface area contributed by atoms with Gasteiger partial charge in [-0.3, -0.25) is 4.79 Å². The van der Waals surface area contributed by atoms with Gasteiger partial charge in [0.2, 0.25) is 15.9 Å². The van der Waals surface area contributed by atoms with Crippen molar-refractivity contribution in [3.8, 4) is 0 Å². The summed E-state index contributed by atoms with van der Waals surface area (Å²) >= 11 is 0. The van der Waals surface area contributed by atoms with Gasteiger partial charge in [0.15, 0.2) is 0 Å². The zero-order valence-corrected chi connectivity index (χ0v) is 16.0. The van der Waals surface area contributed by atoms with Crippen molar-refractivity contribution in [1.82, 2.24) is 9.80 Å². The quantitative estimate of drug-likeness (QED) is 0.780. The number of nitrogens with zero attached hydrogens (tertiary/aromatic N) is 2. The van der Waals surface area contributed by atoms with Gasteiger partial charge in [-0.25, -0.2) is 18.4 Å². The number of sulfonamides is 1. The minimum Gasteiger partial charge on any atom is -0.444 e. The van der Waals surface area contributed by atoms with E-state index in [1.807, 2.05) is 20.8 Å². The Kier molecular flexibility index (Phi) is 5.98. The van der Waals surface area contributed by atoms with Gasteiger partial charge < -0.3 is 14.5 Å². The number of rotatable bonds is 4. The summed E-state index contributed by atoms with van der Waals surface area (Å²) in [7, 11) is -3.56. The lowest BCUT2D eigenvalue weighted by Gasteiger charge is -2.34. The molecule has 0 bridgehead atoms. The maximum absolute atomic E-state index is 12.1. The van der Waals surface area contributed by atoms with Crippen LogP contribution in [-0.4, -0.2) is 67.8 Å². The van der Waals surface area contributed by atoms with Crippen LogP contribution in [0.3, 0.4) is 0 Å². The number of carbonyl (C=O) groups excluding carboxylic acids is 2. The second-order valence-corrected chi connectivity index (χ2v) is 9.77. The summed E-state index contributed by atoms with van der Waals surface area (Å²) in [5, 5.41) is 5.07. The highest BCUT2D eigenvalue weighted by Crippen LogP contribution is 2.25. The van der Waals surface area contributed by atoms with Crippen molar-refractivity contribution < 1.29 is 22.7 Å². The van der Waals surface area contributed by atoms with E-state index in [9.17, 15) is 18.0 Å². The van der Waals surface area contributed by atoms with Crippen LogP contribution >= 0.6 is 0 Å². The second-order valence-electron chi connectivity index (χ2n) is 8.11. The smallest absolute Gasteiger partial charge is 0.410 e. The SMILES string of the molecule is CC(C)(C)OC(=O)N1CCC(CN2CC(CS(N)(=O)=O)CC2=O)CC1. The lowest BCUT2D eigenvalue weighted by atomic mass is 9.96. The molecule has 0 aromatic rings. The minimum absolute atomic E-state index is 0.0109. The van der Waals surface area contributed by atoms with Crippen molar-refractivity contribution in [1.29, 1.82) is 0 Å². The predicted molar refractivity (Wildman–Crippen MR) is 93.2 cm³/mol. The lowest BCUT2D eigenvalue weighted by molar-refractivity contribution is -0.128. The molecule has 2 saturated heterocycles. The molecule has 0 saturated carbocycles.